The number of rotatable bonds is 3. The normalized spacial score (nSPS) is 40.2. The van der Waals surface area contributed by atoms with Crippen LogP contribution in [0.2, 0.25) is 0 Å². The highest BCUT2D eigenvalue weighted by Crippen LogP contribution is 2.64. The molecule has 0 aromatic heterocycles. The Morgan fingerprint density at radius 3 is 2.47 bits per heavy atom. The number of hydrazone groups is 1. The number of sulfonamides is 1. The van der Waals surface area contributed by atoms with Gasteiger partial charge < -0.3 is 5.11 Å². The van der Waals surface area contributed by atoms with Gasteiger partial charge in [0.1, 0.15) is 0 Å². The maximum absolute atomic E-state index is 12.8. The van der Waals surface area contributed by atoms with Gasteiger partial charge in [-0.05, 0) is 93.6 Å². The fourth-order valence-corrected chi connectivity index (χ4v) is 8.33. The van der Waals surface area contributed by atoms with Crippen LogP contribution in [0.4, 0.5) is 0 Å². The van der Waals surface area contributed by atoms with Crippen molar-refractivity contribution in [3.8, 4) is 0 Å². The van der Waals surface area contributed by atoms with E-state index in [1.165, 1.54) is 5.57 Å². The predicted octanol–water partition coefficient (Wildman–Crippen LogP) is 4.95. The monoisotopic (exact) mass is 456 g/mol. The molecule has 0 radical (unpaired) electrons. The van der Waals surface area contributed by atoms with E-state index in [4.69, 9.17) is 0 Å². The van der Waals surface area contributed by atoms with Crippen LogP contribution in [0.25, 0.3) is 0 Å². The second kappa shape index (κ2) is 7.69. The van der Waals surface area contributed by atoms with Gasteiger partial charge in [-0.3, -0.25) is 0 Å². The van der Waals surface area contributed by atoms with Crippen molar-refractivity contribution < 1.29 is 13.5 Å². The van der Waals surface area contributed by atoms with Crippen molar-refractivity contribution in [2.75, 3.05) is 0 Å². The lowest BCUT2D eigenvalue weighted by molar-refractivity contribution is -0.0209. The van der Waals surface area contributed by atoms with Gasteiger partial charge in [-0.15, -0.1) is 0 Å². The number of nitrogens with zero attached hydrogens (tertiary/aromatic N) is 1. The number of aliphatic hydroxyl groups is 1. The smallest absolute Gasteiger partial charge is 0.276 e. The molecule has 0 bridgehead atoms. The molecule has 5 nitrogen and oxygen atoms in total. The fourth-order valence-electron chi connectivity index (χ4n) is 7.50. The minimum absolute atomic E-state index is 0.0349. The first-order valence-corrected chi connectivity index (χ1v) is 13.6. The summed E-state index contributed by atoms with van der Waals surface area (Å²) in [5.41, 5.74) is 3.72. The zero-order valence-electron chi connectivity index (χ0n) is 19.5. The maximum atomic E-state index is 12.8. The van der Waals surface area contributed by atoms with Crippen molar-refractivity contribution in [1.82, 2.24) is 4.83 Å². The van der Waals surface area contributed by atoms with Crippen LogP contribution < -0.4 is 4.83 Å². The molecule has 6 heteroatoms. The molecule has 2 N–H and O–H groups in total. The summed E-state index contributed by atoms with van der Waals surface area (Å²) in [4.78, 5) is 2.80. The molecular weight excluding hydrogens is 420 g/mol. The zero-order chi connectivity index (χ0) is 22.7. The molecule has 174 valence electrons. The van der Waals surface area contributed by atoms with Crippen molar-refractivity contribution in [2.24, 2.45) is 33.7 Å². The van der Waals surface area contributed by atoms with Gasteiger partial charge in [0.2, 0.25) is 0 Å². The number of hydrogen-bond donors (Lipinski definition) is 2. The van der Waals surface area contributed by atoms with Crippen LogP contribution in [-0.2, 0) is 10.0 Å². The molecule has 6 atom stereocenters. The molecule has 1 aromatic rings. The number of hydrogen-bond acceptors (Lipinski definition) is 4. The minimum Gasteiger partial charge on any atom is -0.393 e. The maximum Gasteiger partial charge on any atom is 0.276 e. The molecule has 32 heavy (non-hydrogen) atoms. The average molecular weight is 457 g/mol. The molecule has 1 aromatic carbocycles. The molecule has 0 amide bonds. The van der Waals surface area contributed by atoms with E-state index in [0.29, 0.717) is 17.8 Å². The van der Waals surface area contributed by atoms with E-state index in [9.17, 15) is 13.5 Å². The lowest BCUT2D eigenvalue weighted by Gasteiger charge is -2.57. The molecule has 0 aliphatic heterocycles. The van der Waals surface area contributed by atoms with Gasteiger partial charge in [0, 0.05) is 11.1 Å². The summed E-state index contributed by atoms with van der Waals surface area (Å²) in [6.45, 7) is 6.69. The Bertz CT molecular complexity index is 1060. The van der Waals surface area contributed by atoms with E-state index >= 15 is 0 Å². The van der Waals surface area contributed by atoms with Crippen LogP contribution >= 0.6 is 0 Å². The third-order valence-electron chi connectivity index (χ3n) is 9.45. The first-order chi connectivity index (χ1) is 15.1. The number of benzene rings is 1. The highest BCUT2D eigenvalue weighted by Gasteiger charge is 2.57. The van der Waals surface area contributed by atoms with Crippen molar-refractivity contribution in [1.29, 1.82) is 0 Å². The topological polar surface area (TPSA) is 78.8 Å². The van der Waals surface area contributed by atoms with E-state index in [1.807, 2.05) is 19.1 Å². The molecule has 6 unspecified atom stereocenters. The number of aryl methyl sites for hydroxylation is 1. The van der Waals surface area contributed by atoms with Gasteiger partial charge >= 0.3 is 0 Å². The second-order valence-corrected chi connectivity index (χ2v) is 12.8. The second-order valence-electron chi connectivity index (χ2n) is 11.1. The Kier molecular flexibility index (Phi) is 5.33. The zero-order valence-corrected chi connectivity index (χ0v) is 20.3. The Hall–Kier alpha value is -1.66. The lowest BCUT2D eigenvalue weighted by Crippen LogP contribution is -2.50. The molecule has 4 aliphatic rings. The Morgan fingerprint density at radius 1 is 1.03 bits per heavy atom. The van der Waals surface area contributed by atoms with Crippen LogP contribution in [0.3, 0.4) is 0 Å². The number of fused-ring (bicyclic) bond motifs is 5. The predicted molar refractivity (Wildman–Crippen MR) is 127 cm³/mol. The summed E-state index contributed by atoms with van der Waals surface area (Å²) >= 11 is 0. The van der Waals surface area contributed by atoms with Gasteiger partial charge in [-0.25, -0.2) is 4.83 Å². The molecule has 3 saturated carbocycles. The van der Waals surface area contributed by atoms with Gasteiger partial charge in [-0.2, -0.15) is 13.5 Å². The van der Waals surface area contributed by atoms with Crippen molar-refractivity contribution in [2.45, 2.75) is 83.1 Å². The number of aliphatic hydroxyl groups excluding tert-OH is 1. The minimum atomic E-state index is -3.65. The first kappa shape index (κ1) is 22.1. The first-order valence-electron chi connectivity index (χ1n) is 12.2. The van der Waals surface area contributed by atoms with Crippen molar-refractivity contribution >= 4 is 15.7 Å². The Labute approximate surface area is 192 Å². The molecule has 5 rings (SSSR count). The average Bonchev–Trinajstić information content (AvgIpc) is 3.09. The van der Waals surface area contributed by atoms with Crippen LogP contribution in [0, 0.1) is 35.5 Å². The van der Waals surface area contributed by atoms with E-state index in [0.717, 1.165) is 62.6 Å². The standard InChI is InChI=1S/C26H36N2O3S/c1-17-4-7-20(8-5-17)32(30,31)28-27-24-11-10-22-21-9-6-18-16-19(29)12-14-25(18,2)23(21)13-15-26(22,24)3/h4-8,19,21-23,28-29H,9-16H2,1-3H3/b27-24-. The summed E-state index contributed by atoms with van der Waals surface area (Å²) < 4.78 is 25.5. The van der Waals surface area contributed by atoms with E-state index in [2.05, 4.69) is 29.9 Å². The van der Waals surface area contributed by atoms with Crippen LogP contribution in [0.5, 0.6) is 0 Å². The van der Waals surface area contributed by atoms with Crippen LogP contribution in [0.15, 0.2) is 45.9 Å². The van der Waals surface area contributed by atoms with E-state index in [1.54, 1.807) is 12.1 Å². The Balaban J connectivity index is 1.38. The van der Waals surface area contributed by atoms with E-state index < -0.39 is 10.0 Å². The summed E-state index contributed by atoms with van der Waals surface area (Å²) in [6, 6.07) is 6.89. The van der Waals surface area contributed by atoms with Gasteiger partial charge in [0.25, 0.3) is 10.0 Å². The Morgan fingerprint density at radius 2 is 1.72 bits per heavy atom. The lowest BCUT2D eigenvalue weighted by atomic mass is 9.48. The summed E-state index contributed by atoms with van der Waals surface area (Å²) in [7, 11) is -3.65. The van der Waals surface area contributed by atoms with Gasteiger partial charge in [-0.1, -0.05) is 43.2 Å². The summed E-state index contributed by atoms with van der Waals surface area (Å²) in [5, 5.41) is 14.7. The fraction of sp³-hybridized carbons (Fsp3) is 0.654. The SMILES string of the molecule is Cc1ccc(S(=O)(=O)N/N=C2/CCC3C4CC=C5CC(O)CCC5(C)C4CCC23C)cc1. The highest BCUT2D eigenvalue weighted by atomic mass is 32.2. The molecular formula is C26H36N2O3S. The largest absolute Gasteiger partial charge is 0.393 e. The number of nitrogens with one attached hydrogen (secondary N) is 1. The molecule has 0 heterocycles. The highest BCUT2D eigenvalue weighted by molar-refractivity contribution is 7.89. The molecule has 0 spiro atoms. The third-order valence-corrected chi connectivity index (χ3v) is 10.7. The van der Waals surface area contributed by atoms with Crippen molar-refractivity contribution in [3.05, 3.63) is 41.5 Å². The van der Waals surface area contributed by atoms with Crippen molar-refractivity contribution in [3.63, 3.8) is 0 Å². The molecule has 4 aliphatic carbocycles. The summed E-state index contributed by atoms with van der Waals surface area (Å²) in [5.74, 6) is 1.83. The third kappa shape index (κ3) is 3.45. The van der Waals surface area contributed by atoms with Gasteiger partial charge in [0.15, 0.2) is 0 Å². The molecule has 3 fully saturated rings. The van der Waals surface area contributed by atoms with Gasteiger partial charge in [0.05, 0.1) is 11.0 Å². The molecule has 0 saturated heterocycles. The van der Waals surface area contributed by atoms with E-state index in [-0.39, 0.29) is 21.8 Å². The van der Waals surface area contributed by atoms with Crippen LogP contribution in [0.1, 0.15) is 70.8 Å². The number of allylic oxidation sites excluding steroid dienone is 1. The summed E-state index contributed by atoms with van der Waals surface area (Å²) in [6.07, 6.45) is 10.4. The van der Waals surface area contributed by atoms with Crippen LogP contribution in [-0.4, -0.2) is 25.3 Å². The quantitative estimate of drug-likeness (QED) is 0.499.